The number of Topliss-reactive ketones (excluding diaryl/α,β-unsaturated/α-hetero) is 1. The lowest BCUT2D eigenvalue weighted by atomic mass is 9.95. The van der Waals surface area contributed by atoms with Gasteiger partial charge in [0.05, 0.1) is 7.11 Å². The molecule has 1 aliphatic rings. The largest absolute Gasteiger partial charge is 0.493 e. The zero-order chi connectivity index (χ0) is 14.8. The Labute approximate surface area is 120 Å². The summed E-state index contributed by atoms with van der Waals surface area (Å²) in [5.74, 6) is 1.35. The summed E-state index contributed by atoms with van der Waals surface area (Å²) in [6.07, 6.45) is 2.12. The number of likely N-dealkylation sites (tertiary alicyclic amines) is 1. The topological polar surface area (TPSA) is 38.8 Å². The molecule has 1 aromatic carbocycles. The monoisotopic (exact) mass is 277 g/mol. The van der Waals surface area contributed by atoms with Gasteiger partial charge in [-0.05, 0) is 58.5 Å². The molecule has 1 aliphatic heterocycles. The second kappa shape index (κ2) is 5.83. The Bertz CT molecular complexity index is 500. The van der Waals surface area contributed by atoms with E-state index in [4.69, 9.17) is 9.47 Å². The highest BCUT2D eigenvalue weighted by molar-refractivity contribution is 5.94. The van der Waals surface area contributed by atoms with E-state index in [0.717, 1.165) is 25.9 Å². The Balaban J connectivity index is 2.26. The van der Waals surface area contributed by atoms with Gasteiger partial charge < -0.3 is 14.4 Å². The number of hydrogen-bond donors (Lipinski definition) is 0. The van der Waals surface area contributed by atoms with Crippen LogP contribution in [0.15, 0.2) is 18.2 Å². The van der Waals surface area contributed by atoms with Crippen LogP contribution in [-0.4, -0.2) is 43.5 Å². The average molecular weight is 277 g/mol. The van der Waals surface area contributed by atoms with Crippen molar-refractivity contribution in [2.45, 2.75) is 32.3 Å². The maximum Gasteiger partial charge on any atom is 0.162 e. The minimum Gasteiger partial charge on any atom is -0.493 e. The fraction of sp³-hybridized carbons (Fsp3) is 0.562. The van der Waals surface area contributed by atoms with Crippen molar-refractivity contribution in [1.82, 2.24) is 4.90 Å². The molecule has 0 saturated carbocycles. The van der Waals surface area contributed by atoms with Gasteiger partial charge in [0.2, 0.25) is 0 Å². The first kappa shape index (κ1) is 14.9. The van der Waals surface area contributed by atoms with Gasteiger partial charge in [-0.15, -0.1) is 0 Å². The standard InChI is InChI=1S/C16H23NO3/c1-12(18)13-6-7-14(19-4)15(10-13)20-16(2)8-5-9-17(3)11-16/h6-7,10H,5,8-9,11H2,1-4H3. The summed E-state index contributed by atoms with van der Waals surface area (Å²) in [6.45, 7) is 5.65. The molecule has 1 unspecified atom stereocenters. The Hall–Kier alpha value is -1.55. The summed E-state index contributed by atoms with van der Waals surface area (Å²) in [6, 6.07) is 5.34. The molecule has 1 aromatic rings. The van der Waals surface area contributed by atoms with Crippen molar-refractivity contribution in [1.29, 1.82) is 0 Å². The first-order valence-electron chi connectivity index (χ1n) is 7.00. The third-order valence-electron chi connectivity index (χ3n) is 3.78. The second-order valence-electron chi connectivity index (χ2n) is 5.82. The molecule has 0 aliphatic carbocycles. The first-order chi connectivity index (χ1) is 9.43. The van der Waals surface area contributed by atoms with Crippen LogP contribution in [0.2, 0.25) is 0 Å². The summed E-state index contributed by atoms with van der Waals surface area (Å²) in [7, 11) is 3.72. The molecule has 4 nitrogen and oxygen atoms in total. The van der Waals surface area contributed by atoms with Gasteiger partial charge in [0.1, 0.15) is 5.60 Å². The van der Waals surface area contributed by atoms with Gasteiger partial charge in [-0.25, -0.2) is 0 Å². The Morgan fingerprint density at radius 3 is 2.70 bits per heavy atom. The lowest BCUT2D eigenvalue weighted by Gasteiger charge is -2.39. The zero-order valence-corrected chi connectivity index (χ0v) is 12.7. The Morgan fingerprint density at radius 2 is 2.10 bits per heavy atom. The van der Waals surface area contributed by atoms with E-state index in [1.807, 2.05) is 0 Å². The van der Waals surface area contributed by atoms with Crippen LogP contribution in [0, 0.1) is 0 Å². The Morgan fingerprint density at radius 1 is 1.35 bits per heavy atom. The minimum atomic E-state index is -0.240. The molecule has 0 spiro atoms. The number of ether oxygens (including phenoxy) is 2. The average Bonchev–Trinajstić information content (AvgIpc) is 2.37. The molecule has 110 valence electrons. The number of likely N-dealkylation sites (N-methyl/N-ethyl adjacent to an activating group) is 1. The van der Waals surface area contributed by atoms with Crippen LogP contribution in [0.5, 0.6) is 11.5 Å². The summed E-state index contributed by atoms with van der Waals surface area (Å²) in [5, 5.41) is 0. The van der Waals surface area contributed by atoms with E-state index in [-0.39, 0.29) is 11.4 Å². The van der Waals surface area contributed by atoms with Gasteiger partial charge in [-0.3, -0.25) is 4.79 Å². The van der Waals surface area contributed by atoms with Crippen molar-refractivity contribution in [3.63, 3.8) is 0 Å². The van der Waals surface area contributed by atoms with E-state index in [9.17, 15) is 4.79 Å². The van der Waals surface area contributed by atoms with Crippen LogP contribution in [0.3, 0.4) is 0 Å². The van der Waals surface area contributed by atoms with Crippen molar-refractivity contribution in [3.05, 3.63) is 23.8 Å². The minimum absolute atomic E-state index is 0.0309. The highest BCUT2D eigenvalue weighted by Gasteiger charge is 2.32. The van der Waals surface area contributed by atoms with Crippen molar-refractivity contribution in [2.75, 3.05) is 27.2 Å². The molecule has 0 bridgehead atoms. The number of hydrogen-bond acceptors (Lipinski definition) is 4. The molecule has 1 atom stereocenters. The lowest BCUT2D eigenvalue weighted by Crippen LogP contribution is -2.48. The van der Waals surface area contributed by atoms with Gasteiger partial charge >= 0.3 is 0 Å². The first-order valence-corrected chi connectivity index (χ1v) is 7.00. The van der Waals surface area contributed by atoms with Crippen LogP contribution in [0.4, 0.5) is 0 Å². The SMILES string of the molecule is COc1ccc(C(C)=O)cc1OC1(C)CCCN(C)C1. The lowest BCUT2D eigenvalue weighted by molar-refractivity contribution is 0.0136. The number of nitrogens with zero attached hydrogens (tertiary/aromatic N) is 1. The van der Waals surface area contributed by atoms with Gasteiger partial charge in [0, 0.05) is 12.1 Å². The summed E-state index contributed by atoms with van der Waals surface area (Å²) >= 11 is 0. The van der Waals surface area contributed by atoms with Gasteiger partial charge in [-0.1, -0.05) is 0 Å². The van der Waals surface area contributed by atoms with Gasteiger partial charge in [-0.2, -0.15) is 0 Å². The number of rotatable bonds is 4. The molecule has 1 fully saturated rings. The molecule has 2 rings (SSSR count). The van der Waals surface area contributed by atoms with E-state index < -0.39 is 0 Å². The molecule has 0 amide bonds. The molecule has 1 saturated heterocycles. The number of carbonyl (C=O) groups excluding carboxylic acids is 1. The van der Waals surface area contributed by atoms with Crippen LogP contribution >= 0.6 is 0 Å². The van der Waals surface area contributed by atoms with Crippen LogP contribution in [0.25, 0.3) is 0 Å². The molecule has 0 aromatic heterocycles. The molecule has 1 heterocycles. The zero-order valence-electron chi connectivity index (χ0n) is 12.7. The third-order valence-corrected chi connectivity index (χ3v) is 3.78. The maximum absolute atomic E-state index is 11.5. The van der Waals surface area contributed by atoms with Crippen molar-refractivity contribution in [2.24, 2.45) is 0 Å². The van der Waals surface area contributed by atoms with Crippen molar-refractivity contribution >= 4 is 5.78 Å². The summed E-state index contributed by atoms with van der Waals surface area (Å²) < 4.78 is 11.6. The van der Waals surface area contributed by atoms with E-state index in [1.54, 1.807) is 32.2 Å². The van der Waals surface area contributed by atoms with Crippen LogP contribution < -0.4 is 9.47 Å². The predicted octanol–water partition coefficient (Wildman–Crippen LogP) is 2.76. The smallest absolute Gasteiger partial charge is 0.162 e. The second-order valence-corrected chi connectivity index (χ2v) is 5.82. The van der Waals surface area contributed by atoms with E-state index in [0.29, 0.717) is 17.1 Å². The number of benzene rings is 1. The number of ketones is 1. The Kier molecular flexibility index (Phi) is 4.33. The maximum atomic E-state index is 11.5. The van der Waals surface area contributed by atoms with Crippen LogP contribution in [-0.2, 0) is 0 Å². The molecular weight excluding hydrogens is 254 g/mol. The fourth-order valence-corrected chi connectivity index (χ4v) is 2.78. The predicted molar refractivity (Wildman–Crippen MR) is 78.8 cm³/mol. The number of methoxy groups -OCH3 is 1. The number of piperidine rings is 1. The highest BCUT2D eigenvalue weighted by atomic mass is 16.5. The van der Waals surface area contributed by atoms with Crippen LogP contribution in [0.1, 0.15) is 37.0 Å². The highest BCUT2D eigenvalue weighted by Crippen LogP contribution is 2.34. The van der Waals surface area contributed by atoms with Gasteiger partial charge in [0.25, 0.3) is 0 Å². The van der Waals surface area contributed by atoms with Crippen molar-refractivity contribution < 1.29 is 14.3 Å². The fourth-order valence-electron chi connectivity index (χ4n) is 2.78. The normalized spacial score (nSPS) is 23.4. The van der Waals surface area contributed by atoms with E-state index >= 15 is 0 Å². The van der Waals surface area contributed by atoms with Gasteiger partial charge in [0.15, 0.2) is 17.3 Å². The quantitative estimate of drug-likeness (QED) is 0.793. The number of carbonyl (C=O) groups is 1. The van der Waals surface area contributed by atoms with E-state index in [2.05, 4.69) is 18.9 Å². The van der Waals surface area contributed by atoms with E-state index in [1.165, 1.54) is 0 Å². The summed E-state index contributed by atoms with van der Waals surface area (Å²) in [4.78, 5) is 13.8. The molecule has 4 heteroatoms. The summed E-state index contributed by atoms with van der Waals surface area (Å²) in [5.41, 5.74) is 0.406. The van der Waals surface area contributed by atoms with Crippen molar-refractivity contribution in [3.8, 4) is 11.5 Å². The third kappa shape index (κ3) is 3.31. The molecule has 0 radical (unpaired) electrons. The molecule has 0 N–H and O–H groups in total. The molecule has 20 heavy (non-hydrogen) atoms. The molecular formula is C16H23NO3.